The molecule has 0 spiro atoms. The van der Waals surface area contributed by atoms with Crippen molar-refractivity contribution < 1.29 is 28.7 Å². The van der Waals surface area contributed by atoms with E-state index < -0.39 is 23.4 Å². The van der Waals surface area contributed by atoms with E-state index >= 15 is 0 Å². The van der Waals surface area contributed by atoms with Gasteiger partial charge in [-0.2, -0.15) is 0 Å². The van der Waals surface area contributed by atoms with Crippen molar-refractivity contribution in [2.75, 3.05) is 26.6 Å². The molecule has 28 heavy (non-hydrogen) atoms. The number of nitro groups is 1. The van der Waals surface area contributed by atoms with E-state index in [9.17, 15) is 19.7 Å². The number of nitrogens with one attached hydrogen (secondary N) is 1. The van der Waals surface area contributed by atoms with Crippen LogP contribution < -0.4 is 20.5 Å². The number of amides is 1. The number of ether oxygens (including phenoxy) is 3. The fourth-order valence-corrected chi connectivity index (χ4v) is 2.30. The van der Waals surface area contributed by atoms with E-state index in [0.717, 1.165) is 17.7 Å². The van der Waals surface area contributed by atoms with Crippen LogP contribution in [0.3, 0.4) is 0 Å². The van der Waals surface area contributed by atoms with Crippen LogP contribution in [0.4, 0.5) is 11.4 Å². The summed E-state index contributed by atoms with van der Waals surface area (Å²) in [7, 11) is 3.02. The Balaban J connectivity index is 1.89. The maximum absolute atomic E-state index is 12.0. The van der Waals surface area contributed by atoms with Crippen LogP contribution in [0, 0.1) is 10.1 Å². The maximum atomic E-state index is 12.0. The highest BCUT2D eigenvalue weighted by Gasteiger charge is 2.16. The molecule has 1 amide bonds. The molecular weight excluding hydrogens is 370 g/mol. The molecule has 2 aromatic rings. The monoisotopic (exact) mass is 389 g/mol. The van der Waals surface area contributed by atoms with Crippen LogP contribution in [0.5, 0.6) is 11.5 Å². The summed E-state index contributed by atoms with van der Waals surface area (Å²) in [5.74, 6) is -0.293. The molecule has 0 aliphatic heterocycles. The Labute approximate surface area is 160 Å². The Morgan fingerprint density at radius 2 is 1.82 bits per heavy atom. The lowest BCUT2D eigenvalue weighted by Gasteiger charge is -2.11. The second-order valence-corrected chi connectivity index (χ2v) is 5.57. The fourth-order valence-electron chi connectivity index (χ4n) is 2.30. The molecule has 0 radical (unpaired) electrons. The second-order valence-electron chi connectivity index (χ2n) is 5.57. The minimum atomic E-state index is -0.853. The van der Waals surface area contributed by atoms with Gasteiger partial charge in [-0.25, -0.2) is 4.79 Å². The van der Waals surface area contributed by atoms with E-state index in [4.69, 9.17) is 19.9 Å². The van der Waals surface area contributed by atoms with Gasteiger partial charge in [0.25, 0.3) is 11.6 Å². The van der Waals surface area contributed by atoms with E-state index in [0.29, 0.717) is 11.5 Å². The first-order valence-corrected chi connectivity index (χ1v) is 8.04. The van der Waals surface area contributed by atoms with Crippen LogP contribution in [0.25, 0.3) is 0 Å². The average molecular weight is 389 g/mol. The van der Waals surface area contributed by atoms with Crippen molar-refractivity contribution in [2.45, 2.75) is 6.54 Å². The number of nitrogens with zero attached hydrogens (tertiary/aromatic N) is 1. The number of nitrogens with two attached hydrogens (primary N) is 1. The number of methoxy groups -OCH3 is 2. The number of carbonyl (C=O) groups is 2. The Morgan fingerprint density at radius 3 is 2.43 bits per heavy atom. The molecule has 10 heteroatoms. The predicted molar refractivity (Wildman–Crippen MR) is 99.2 cm³/mol. The number of rotatable bonds is 8. The molecule has 0 aromatic heterocycles. The van der Waals surface area contributed by atoms with E-state index in [2.05, 4.69) is 5.32 Å². The van der Waals surface area contributed by atoms with Gasteiger partial charge in [0.1, 0.15) is 0 Å². The van der Waals surface area contributed by atoms with Crippen LogP contribution >= 0.6 is 0 Å². The molecule has 0 aliphatic rings. The van der Waals surface area contributed by atoms with Crippen molar-refractivity contribution in [1.29, 1.82) is 0 Å². The average Bonchev–Trinajstić information content (AvgIpc) is 2.69. The number of nitro benzene ring substituents is 1. The van der Waals surface area contributed by atoms with Crippen molar-refractivity contribution in [3.05, 3.63) is 57.6 Å². The Hall–Kier alpha value is -3.82. The number of hydrogen-bond acceptors (Lipinski definition) is 8. The zero-order chi connectivity index (χ0) is 20.7. The highest BCUT2D eigenvalue weighted by molar-refractivity contribution is 5.96. The highest BCUT2D eigenvalue weighted by Crippen LogP contribution is 2.27. The molecule has 0 heterocycles. The smallest absolute Gasteiger partial charge is 0.340 e. The molecule has 0 aliphatic carbocycles. The van der Waals surface area contributed by atoms with Gasteiger partial charge < -0.3 is 25.3 Å². The van der Waals surface area contributed by atoms with Gasteiger partial charge in [0, 0.05) is 18.7 Å². The molecule has 148 valence electrons. The largest absolute Gasteiger partial charge is 0.493 e. The fraction of sp³-hybridized carbons (Fsp3) is 0.222. The van der Waals surface area contributed by atoms with Gasteiger partial charge in [-0.15, -0.1) is 0 Å². The number of nitrogen functional groups attached to an aromatic ring is 1. The van der Waals surface area contributed by atoms with Gasteiger partial charge in [-0.3, -0.25) is 14.9 Å². The third-order valence-electron chi connectivity index (χ3n) is 3.74. The molecule has 0 saturated heterocycles. The van der Waals surface area contributed by atoms with E-state index in [1.54, 1.807) is 18.2 Å². The summed E-state index contributed by atoms with van der Waals surface area (Å²) in [5, 5.41) is 13.3. The van der Waals surface area contributed by atoms with Gasteiger partial charge in [0.15, 0.2) is 18.1 Å². The number of carbonyl (C=O) groups excluding carboxylic acids is 2. The first kappa shape index (κ1) is 20.5. The number of benzene rings is 2. The molecule has 2 rings (SSSR count). The molecule has 3 N–H and O–H groups in total. The number of anilines is 1. The van der Waals surface area contributed by atoms with E-state index in [1.807, 2.05) is 0 Å². The minimum Gasteiger partial charge on any atom is -0.493 e. The number of non-ortho nitro benzene ring substituents is 1. The van der Waals surface area contributed by atoms with Gasteiger partial charge in [0.2, 0.25) is 0 Å². The first-order chi connectivity index (χ1) is 13.3. The van der Waals surface area contributed by atoms with E-state index in [1.165, 1.54) is 20.3 Å². The first-order valence-electron chi connectivity index (χ1n) is 8.04. The quantitative estimate of drug-likeness (QED) is 0.300. The minimum absolute atomic E-state index is 0.0571. The van der Waals surface area contributed by atoms with Crippen molar-refractivity contribution in [2.24, 2.45) is 0 Å². The molecule has 0 saturated carbocycles. The van der Waals surface area contributed by atoms with Crippen LogP contribution in [-0.2, 0) is 16.1 Å². The summed E-state index contributed by atoms with van der Waals surface area (Å²) in [6.45, 7) is -0.334. The topological polar surface area (TPSA) is 143 Å². The van der Waals surface area contributed by atoms with Crippen molar-refractivity contribution >= 4 is 23.3 Å². The van der Waals surface area contributed by atoms with Crippen molar-refractivity contribution in [3.8, 4) is 11.5 Å². The summed E-state index contributed by atoms with van der Waals surface area (Å²) in [6, 6.07) is 8.53. The summed E-state index contributed by atoms with van der Waals surface area (Å²) >= 11 is 0. The van der Waals surface area contributed by atoms with Crippen LogP contribution in [-0.4, -0.2) is 37.6 Å². The third-order valence-corrected chi connectivity index (χ3v) is 3.74. The zero-order valence-electron chi connectivity index (χ0n) is 15.3. The Bertz CT molecular complexity index is 899. The summed E-state index contributed by atoms with van der Waals surface area (Å²) in [4.78, 5) is 33.9. The summed E-state index contributed by atoms with van der Waals surface area (Å²) < 4.78 is 15.2. The third kappa shape index (κ3) is 5.10. The van der Waals surface area contributed by atoms with Crippen molar-refractivity contribution in [3.63, 3.8) is 0 Å². The Kier molecular flexibility index (Phi) is 6.74. The summed E-state index contributed by atoms with van der Waals surface area (Å²) in [6.07, 6.45) is 0. The second kappa shape index (κ2) is 9.21. The van der Waals surface area contributed by atoms with Gasteiger partial charge in [-0.1, -0.05) is 6.07 Å². The SMILES string of the molecule is COc1ccc(CNC(=O)COC(=O)c2ccc([N+](=O)[O-])cc2N)cc1OC. The Morgan fingerprint density at radius 1 is 1.11 bits per heavy atom. The highest BCUT2D eigenvalue weighted by atomic mass is 16.6. The molecule has 10 nitrogen and oxygen atoms in total. The van der Waals surface area contributed by atoms with Gasteiger partial charge >= 0.3 is 5.97 Å². The zero-order valence-corrected chi connectivity index (χ0v) is 15.3. The van der Waals surface area contributed by atoms with Gasteiger partial charge in [0.05, 0.1) is 30.4 Å². The molecule has 0 bridgehead atoms. The standard InChI is InChI=1S/C18H19N3O7/c1-26-15-6-3-11(7-16(15)27-2)9-20-17(22)10-28-18(23)13-5-4-12(21(24)25)8-14(13)19/h3-8H,9-10,19H2,1-2H3,(H,20,22). The number of hydrogen-bond donors (Lipinski definition) is 2. The van der Waals surface area contributed by atoms with Gasteiger partial charge in [-0.05, 0) is 23.8 Å². The van der Waals surface area contributed by atoms with Crippen LogP contribution in [0.1, 0.15) is 15.9 Å². The lowest BCUT2D eigenvalue weighted by molar-refractivity contribution is -0.384. The van der Waals surface area contributed by atoms with Crippen LogP contribution in [0.15, 0.2) is 36.4 Å². The molecule has 0 fully saturated rings. The molecule has 0 unspecified atom stereocenters. The van der Waals surface area contributed by atoms with E-state index in [-0.39, 0.29) is 23.5 Å². The van der Waals surface area contributed by atoms with Crippen LogP contribution in [0.2, 0.25) is 0 Å². The molecular formula is C18H19N3O7. The number of esters is 1. The normalized spacial score (nSPS) is 10.1. The predicted octanol–water partition coefficient (Wildman–Crippen LogP) is 1.67. The van der Waals surface area contributed by atoms with Crippen molar-refractivity contribution in [1.82, 2.24) is 5.32 Å². The lowest BCUT2D eigenvalue weighted by atomic mass is 10.1. The molecule has 2 aromatic carbocycles. The molecule has 0 atom stereocenters. The maximum Gasteiger partial charge on any atom is 0.340 e. The summed E-state index contributed by atoms with van der Waals surface area (Å²) in [5.41, 5.74) is 5.97. The lowest BCUT2D eigenvalue weighted by Crippen LogP contribution is -2.28.